The van der Waals surface area contributed by atoms with Gasteiger partial charge in [0.25, 0.3) is 0 Å². The molecule has 0 heterocycles. The third kappa shape index (κ3) is 4.28. The number of halogens is 1. The summed E-state index contributed by atoms with van der Waals surface area (Å²) >= 11 is 0. The predicted molar refractivity (Wildman–Crippen MR) is 106 cm³/mol. The van der Waals surface area contributed by atoms with Gasteiger partial charge in [-0.15, -0.1) is 0 Å². The highest BCUT2D eigenvalue weighted by Crippen LogP contribution is 2.32. The van der Waals surface area contributed by atoms with Crippen LogP contribution in [-0.2, 0) is 20.7 Å². The molecule has 0 saturated heterocycles. The second kappa shape index (κ2) is 7.40. The lowest BCUT2D eigenvalue weighted by molar-refractivity contribution is -0.136. The van der Waals surface area contributed by atoms with E-state index in [-0.39, 0.29) is 6.42 Å². The Bertz CT molecular complexity index is 1100. The van der Waals surface area contributed by atoms with Gasteiger partial charge in [0.1, 0.15) is 17.3 Å². The molecule has 0 aliphatic carbocycles. The average Bonchev–Trinajstić information content (AvgIpc) is 2.61. The Morgan fingerprint density at radius 2 is 1.85 bits per heavy atom. The highest BCUT2D eigenvalue weighted by Gasteiger charge is 2.11. The maximum atomic E-state index is 13.6. The summed E-state index contributed by atoms with van der Waals surface area (Å²) in [5.74, 6) is 3.75. The number of fused-ring (bicyclic) bond motifs is 1. The van der Waals surface area contributed by atoms with Crippen molar-refractivity contribution in [1.82, 2.24) is 0 Å². The Morgan fingerprint density at radius 1 is 1.15 bits per heavy atom. The maximum absolute atomic E-state index is 13.6. The van der Waals surface area contributed by atoms with E-state index >= 15 is 0 Å². The minimum Gasteiger partial charge on any atom is -0.481 e. The first-order valence-corrected chi connectivity index (χ1v) is 10.2. The Morgan fingerprint density at radius 3 is 2.48 bits per heavy atom. The quantitative estimate of drug-likeness (QED) is 0.634. The van der Waals surface area contributed by atoms with Gasteiger partial charge < -0.3 is 9.84 Å². The van der Waals surface area contributed by atoms with Gasteiger partial charge in [-0.3, -0.25) is 9.00 Å². The minimum atomic E-state index is -2.31. The lowest BCUT2D eigenvalue weighted by Crippen LogP contribution is -2.03. The molecule has 0 saturated carbocycles. The van der Waals surface area contributed by atoms with Crippen LogP contribution in [0.3, 0.4) is 0 Å². The van der Waals surface area contributed by atoms with E-state index in [1.165, 1.54) is 12.1 Å². The number of benzene rings is 3. The van der Waals surface area contributed by atoms with Crippen LogP contribution in [-0.4, -0.2) is 26.9 Å². The molecule has 0 bridgehead atoms. The van der Waals surface area contributed by atoms with Crippen molar-refractivity contribution in [2.75, 3.05) is 5.75 Å². The number of ether oxygens (including phenoxy) is 1. The molecule has 0 spiro atoms. The predicted octanol–water partition coefficient (Wildman–Crippen LogP) is 4.49. The summed E-state index contributed by atoms with van der Waals surface area (Å²) < 4.78 is 31.9. The zero-order valence-corrected chi connectivity index (χ0v) is 15.6. The largest absolute Gasteiger partial charge is 0.481 e. The molecule has 6 heteroatoms. The topological polar surface area (TPSA) is 63.6 Å². The standard InChI is InChI=1S/C21H19FO4S/c1-3-27(2,25)18-7-5-17(6-8-18)26-20-11-14(12-21(23)24)10-15-13-16(22)4-9-19(15)20/h4-11,13H,2-3,12H2,1H3,(H,23,24). The van der Waals surface area contributed by atoms with Crippen LogP contribution < -0.4 is 4.74 Å². The Labute approximate surface area is 157 Å². The van der Waals surface area contributed by atoms with Crippen molar-refractivity contribution in [2.45, 2.75) is 18.2 Å². The maximum Gasteiger partial charge on any atom is 0.307 e. The van der Waals surface area contributed by atoms with Gasteiger partial charge in [-0.2, -0.15) is 0 Å². The third-order valence-corrected chi connectivity index (χ3v) is 6.30. The Balaban J connectivity index is 2.01. The van der Waals surface area contributed by atoms with Crippen molar-refractivity contribution in [2.24, 2.45) is 0 Å². The molecule has 0 amide bonds. The summed E-state index contributed by atoms with van der Waals surface area (Å²) in [5, 5.41) is 10.3. The zero-order valence-electron chi connectivity index (χ0n) is 14.8. The summed E-state index contributed by atoms with van der Waals surface area (Å²) in [4.78, 5) is 11.7. The summed E-state index contributed by atoms with van der Waals surface area (Å²) in [6.07, 6.45) is -0.193. The molecule has 3 rings (SSSR count). The van der Waals surface area contributed by atoms with Crippen LogP contribution in [0, 0.1) is 5.82 Å². The molecular formula is C21H19FO4S. The Hall–Kier alpha value is -2.86. The van der Waals surface area contributed by atoms with Crippen LogP contribution in [0.15, 0.2) is 59.5 Å². The van der Waals surface area contributed by atoms with E-state index in [1.54, 1.807) is 42.5 Å². The highest BCUT2D eigenvalue weighted by atomic mass is 32.2. The molecule has 1 N–H and O–H groups in total. The van der Waals surface area contributed by atoms with E-state index in [2.05, 4.69) is 5.87 Å². The van der Waals surface area contributed by atoms with Gasteiger partial charge >= 0.3 is 5.97 Å². The van der Waals surface area contributed by atoms with Crippen molar-refractivity contribution in [3.63, 3.8) is 0 Å². The second-order valence-corrected chi connectivity index (χ2v) is 8.88. The number of hydrogen-bond acceptors (Lipinski definition) is 3. The molecule has 27 heavy (non-hydrogen) atoms. The summed E-state index contributed by atoms with van der Waals surface area (Å²) in [6, 6.07) is 14.3. The summed E-state index contributed by atoms with van der Waals surface area (Å²) in [5.41, 5.74) is 0.513. The van der Waals surface area contributed by atoms with Gasteiger partial charge in [-0.1, -0.05) is 13.0 Å². The van der Waals surface area contributed by atoms with Gasteiger partial charge in [0.15, 0.2) is 0 Å². The normalized spacial score (nSPS) is 13.3. The average molecular weight is 386 g/mol. The number of hydrogen-bond donors (Lipinski definition) is 1. The smallest absolute Gasteiger partial charge is 0.307 e. The lowest BCUT2D eigenvalue weighted by atomic mass is 10.0. The van der Waals surface area contributed by atoms with Crippen LogP contribution in [0.5, 0.6) is 11.5 Å². The monoisotopic (exact) mass is 386 g/mol. The van der Waals surface area contributed by atoms with Crippen LogP contribution in [0.4, 0.5) is 4.39 Å². The number of carboxylic acid groups (broad SMARTS) is 1. The fourth-order valence-electron chi connectivity index (χ4n) is 2.78. The van der Waals surface area contributed by atoms with Gasteiger partial charge in [-0.25, -0.2) is 4.39 Å². The first-order chi connectivity index (χ1) is 12.8. The van der Waals surface area contributed by atoms with Gasteiger partial charge in [0.05, 0.1) is 6.42 Å². The first-order valence-electron chi connectivity index (χ1n) is 8.35. The van der Waals surface area contributed by atoms with E-state index < -0.39 is 21.3 Å². The minimum absolute atomic E-state index is 0.193. The van der Waals surface area contributed by atoms with Crippen molar-refractivity contribution < 1.29 is 23.2 Å². The number of carbonyl (C=O) groups is 1. The molecule has 0 radical (unpaired) electrons. The van der Waals surface area contributed by atoms with Crippen LogP contribution in [0.25, 0.3) is 10.8 Å². The molecule has 3 aromatic carbocycles. The van der Waals surface area contributed by atoms with E-state index in [0.29, 0.717) is 38.5 Å². The van der Waals surface area contributed by atoms with E-state index in [1.807, 2.05) is 6.92 Å². The molecule has 0 aliphatic rings. The fraction of sp³-hybridized carbons (Fsp3) is 0.143. The summed E-state index contributed by atoms with van der Waals surface area (Å²) in [6.45, 7) is 1.82. The van der Waals surface area contributed by atoms with Crippen molar-refractivity contribution in [3.05, 3.63) is 66.0 Å². The van der Waals surface area contributed by atoms with E-state index in [4.69, 9.17) is 9.84 Å². The van der Waals surface area contributed by atoms with Crippen LogP contribution >= 0.6 is 0 Å². The molecule has 1 atom stereocenters. The van der Waals surface area contributed by atoms with Crippen molar-refractivity contribution >= 4 is 32.1 Å². The van der Waals surface area contributed by atoms with Crippen LogP contribution in [0.1, 0.15) is 12.5 Å². The van der Waals surface area contributed by atoms with Gasteiger partial charge in [0, 0.05) is 16.0 Å². The first kappa shape index (κ1) is 18.9. The number of rotatable bonds is 6. The summed E-state index contributed by atoms with van der Waals surface area (Å²) in [7, 11) is -2.31. The third-order valence-electron chi connectivity index (χ3n) is 4.24. The SMILES string of the molecule is C=S(=O)(CC)c1ccc(Oc2cc(CC(=O)O)cc3cc(F)ccc23)cc1. The molecule has 0 aliphatic heterocycles. The van der Waals surface area contributed by atoms with Gasteiger partial charge in [0.2, 0.25) is 0 Å². The van der Waals surface area contributed by atoms with Crippen molar-refractivity contribution in [3.8, 4) is 11.5 Å². The Kier molecular flexibility index (Phi) is 5.19. The number of carboxylic acids is 1. The van der Waals surface area contributed by atoms with Crippen molar-refractivity contribution in [1.29, 1.82) is 0 Å². The molecule has 4 nitrogen and oxygen atoms in total. The molecular weight excluding hydrogens is 367 g/mol. The van der Waals surface area contributed by atoms with E-state index in [0.717, 1.165) is 0 Å². The highest BCUT2D eigenvalue weighted by molar-refractivity contribution is 8.00. The molecule has 140 valence electrons. The molecule has 1 unspecified atom stereocenters. The zero-order chi connectivity index (χ0) is 19.6. The lowest BCUT2D eigenvalue weighted by Gasteiger charge is -2.12. The molecule has 0 fully saturated rings. The number of aliphatic carboxylic acids is 1. The van der Waals surface area contributed by atoms with E-state index in [9.17, 15) is 13.4 Å². The van der Waals surface area contributed by atoms with Gasteiger partial charge in [-0.05, 0) is 74.9 Å². The van der Waals surface area contributed by atoms with Crippen LogP contribution in [0.2, 0.25) is 0 Å². The second-order valence-electron chi connectivity index (χ2n) is 6.20. The fourth-order valence-corrected chi connectivity index (χ4v) is 3.74. The molecule has 0 aromatic heterocycles. The molecule has 3 aromatic rings.